The molecule has 0 unspecified atom stereocenters. The molecule has 0 fully saturated rings. The van der Waals surface area contributed by atoms with Crippen LogP contribution in [0.2, 0.25) is 5.28 Å². The Balaban J connectivity index is 2.50. The van der Waals surface area contributed by atoms with E-state index in [1.807, 2.05) is 26.8 Å². The zero-order valence-electron chi connectivity index (χ0n) is 11.2. The highest BCUT2D eigenvalue weighted by atomic mass is 35.5. The summed E-state index contributed by atoms with van der Waals surface area (Å²) in [5.74, 6) is 0.350. The summed E-state index contributed by atoms with van der Waals surface area (Å²) in [6.45, 7) is 5.73. The van der Waals surface area contributed by atoms with Crippen LogP contribution in [0.5, 0.6) is 11.6 Å². The average molecular weight is 294 g/mol. The molecular formula is C13H12ClN3O3. The van der Waals surface area contributed by atoms with E-state index in [9.17, 15) is 10.1 Å². The van der Waals surface area contributed by atoms with Crippen LogP contribution < -0.4 is 4.74 Å². The second kappa shape index (κ2) is 5.42. The standard InChI is InChI=1S/C13H12ClN3O3/c1-7-4-8(2)9(3)11(5-7)20-12-10(17(18)19)6-15-13(14)16-12/h4-6H,1-3H3. The minimum atomic E-state index is -0.607. The van der Waals surface area contributed by atoms with E-state index in [4.69, 9.17) is 16.3 Å². The van der Waals surface area contributed by atoms with Gasteiger partial charge in [0.05, 0.1) is 4.92 Å². The van der Waals surface area contributed by atoms with E-state index >= 15 is 0 Å². The third-order valence-corrected chi connectivity index (χ3v) is 3.06. The zero-order chi connectivity index (χ0) is 14.9. The van der Waals surface area contributed by atoms with Crippen LogP contribution in [0.1, 0.15) is 16.7 Å². The Hall–Kier alpha value is -2.21. The predicted molar refractivity (Wildman–Crippen MR) is 74.4 cm³/mol. The summed E-state index contributed by atoms with van der Waals surface area (Å²) in [5, 5.41) is 10.8. The van der Waals surface area contributed by atoms with Gasteiger partial charge in [0.25, 0.3) is 0 Å². The fraction of sp³-hybridized carbons (Fsp3) is 0.231. The van der Waals surface area contributed by atoms with Crippen LogP contribution in [0.3, 0.4) is 0 Å². The molecule has 0 saturated carbocycles. The van der Waals surface area contributed by atoms with E-state index < -0.39 is 4.92 Å². The number of halogens is 1. The van der Waals surface area contributed by atoms with Crippen LogP contribution in [-0.2, 0) is 0 Å². The van der Waals surface area contributed by atoms with Crippen molar-refractivity contribution in [3.05, 3.63) is 50.4 Å². The summed E-state index contributed by atoms with van der Waals surface area (Å²) in [6.07, 6.45) is 1.03. The normalized spacial score (nSPS) is 10.4. The Kier molecular flexibility index (Phi) is 3.85. The molecule has 0 atom stereocenters. The molecule has 2 aromatic rings. The van der Waals surface area contributed by atoms with Crippen LogP contribution in [0.4, 0.5) is 5.69 Å². The fourth-order valence-electron chi connectivity index (χ4n) is 1.75. The lowest BCUT2D eigenvalue weighted by atomic mass is 10.1. The number of nitrogens with zero attached hydrogens (tertiary/aromatic N) is 3. The summed E-state index contributed by atoms with van der Waals surface area (Å²) in [7, 11) is 0. The van der Waals surface area contributed by atoms with Gasteiger partial charge in [-0.1, -0.05) is 6.07 Å². The van der Waals surface area contributed by atoms with Crippen molar-refractivity contribution < 1.29 is 9.66 Å². The van der Waals surface area contributed by atoms with Crippen molar-refractivity contribution in [2.45, 2.75) is 20.8 Å². The molecule has 0 aliphatic carbocycles. The molecule has 104 valence electrons. The quantitative estimate of drug-likeness (QED) is 0.489. The predicted octanol–water partition coefficient (Wildman–Crippen LogP) is 3.76. The maximum atomic E-state index is 10.9. The van der Waals surface area contributed by atoms with E-state index in [0.717, 1.165) is 22.9 Å². The molecule has 20 heavy (non-hydrogen) atoms. The second-order valence-electron chi connectivity index (χ2n) is 4.39. The van der Waals surface area contributed by atoms with Crippen LogP contribution in [0, 0.1) is 30.9 Å². The molecule has 1 aromatic carbocycles. The molecule has 6 nitrogen and oxygen atoms in total. The largest absolute Gasteiger partial charge is 0.433 e. The van der Waals surface area contributed by atoms with Crippen LogP contribution >= 0.6 is 11.6 Å². The smallest absolute Gasteiger partial charge is 0.349 e. The third kappa shape index (κ3) is 2.85. The van der Waals surface area contributed by atoms with Crippen molar-refractivity contribution in [2.24, 2.45) is 0 Å². The Morgan fingerprint density at radius 2 is 2.00 bits per heavy atom. The monoisotopic (exact) mass is 293 g/mol. The summed E-state index contributed by atoms with van der Waals surface area (Å²) in [4.78, 5) is 17.7. The maximum absolute atomic E-state index is 10.9. The van der Waals surface area contributed by atoms with Gasteiger partial charge < -0.3 is 4.74 Å². The van der Waals surface area contributed by atoms with Crippen molar-refractivity contribution in [2.75, 3.05) is 0 Å². The SMILES string of the molecule is Cc1cc(C)c(C)c(Oc2nc(Cl)ncc2[N+](=O)[O-])c1. The van der Waals surface area contributed by atoms with Gasteiger partial charge in [0, 0.05) is 0 Å². The number of hydrogen-bond donors (Lipinski definition) is 0. The molecule has 0 aliphatic rings. The number of hydrogen-bond acceptors (Lipinski definition) is 5. The minimum absolute atomic E-state index is 0.104. The van der Waals surface area contributed by atoms with E-state index in [2.05, 4.69) is 9.97 Å². The van der Waals surface area contributed by atoms with E-state index in [1.54, 1.807) is 6.07 Å². The van der Waals surface area contributed by atoms with Crippen molar-refractivity contribution in [3.63, 3.8) is 0 Å². The average Bonchev–Trinajstić information content (AvgIpc) is 2.35. The second-order valence-corrected chi connectivity index (χ2v) is 4.73. The molecule has 0 spiro atoms. The van der Waals surface area contributed by atoms with E-state index in [0.29, 0.717) is 5.75 Å². The van der Waals surface area contributed by atoms with Crippen molar-refractivity contribution in [1.82, 2.24) is 9.97 Å². The molecule has 0 bridgehead atoms. The first-order valence-corrected chi connectivity index (χ1v) is 6.19. The number of ether oxygens (including phenoxy) is 1. The highest BCUT2D eigenvalue weighted by Gasteiger charge is 2.20. The van der Waals surface area contributed by atoms with Crippen molar-refractivity contribution >= 4 is 17.3 Å². The van der Waals surface area contributed by atoms with Gasteiger partial charge in [-0.15, -0.1) is 0 Å². The Bertz CT molecular complexity index is 689. The van der Waals surface area contributed by atoms with Crippen molar-refractivity contribution in [3.8, 4) is 11.6 Å². The Morgan fingerprint density at radius 3 is 2.65 bits per heavy atom. The van der Waals surface area contributed by atoms with Gasteiger partial charge in [0.1, 0.15) is 11.9 Å². The van der Waals surface area contributed by atoms with Crippen molar-refractivity contribution in [1.29, 1.82) is 0 Å². The van der Waals surface area contributed by atoms with E-state index in [1.165, 1.54) is 0 Å². The first-order valence-electron chi connectivity index (χ1n) is 5.81. The number of rotatable bonds is 3. The molecule has 7 heteroatoms. The van der Waals surface area contributed by atoms with Crippen LogP contribution in [0.25, 0.3) is 0 Å². The molecule has 0 amide bonds. The highest BCUT2D eigenvalue weighted by Crippen LogP contribution is 2.32. The molecular weight excluding hydrogens is 282 g/mol. The van der Waals surface area contributed by atoms with Gasteiger partial charge in [-0.05, 0) is 55.1 Å². The zero-order valence-corrected chi connectivity index (χ0v) is 11.9. The molecule has 2 rings (SSSR count). The fourth-order valence-corrected chi connectivity index (χ4v) is 1.88. The van der Waals surface area contributed by atoms with Gasteiger partial charge in [0.15, 0.2) is 0 Å². The van der Waals surface area contributed by atoms with Gasteiger partial charge >= 0.3 is 11.6 Å². The highest BCUT2D eigenvalue weighted by molar-refractivity contribution is 6.28. The maximum Gasteiger partial charge on any atom is 0.349 e. The lowest BCUT2D eigenvalue weighted by Crippen LogP contribution is -1.99. The lowest BCUT2D eigenvalue weighted by Gasteiger charge is -2.11. The number of aromatic nitrogens is 2. The summed E-state index contributed by atoms with van der Waals surface area (Å²) in [6, 6.07) is 3.80. The minimum Gasteiger partial charge on any atom is -0.433 e. The topological polar surface area (TPSA) is 78.2 Å². The van der Waals surface area contributed by atoms with Crippen LogP contribution in [0.15, 0.2) is 18.3 Å². The first kappa shape index (κ1) is 14.2. The first-order chi connectivity index (χ1) is 9.38. The number of aryl methyl sites for hydroxylation is 2. The van der Waals surface area contributed by atoms with Gasteiger partial charge in [-0.25, -0.2) is 4.98 Å². The number of nitro groups is 1. The van der Waals surface area contributed by atoms with E-state index in [-0.39, 0.29) is 16.9 Å². The van der Waals surface area contributed by atoms with Gasteiger partial charge in [-0.3, -0.25) is 10.1 Å². The summed E-state index contributed by atoms with van der Waals surface area (Å²) in [5.41, 5.74) is 2.58. The van der Waals surface area contributed by atoms with Crippen LogP contribution in [-0.4, -0.2) is 14.9 Å². The van der Waals surface area contributed by atoms with Gasteiger partial charge in [0.2, 0.25) is 5.28 Å². The molecule has 0 aliphatic heterocycles. The number of benzene rings is 1. The van der Waals surface area contributed by atoms with Gasteiger partial charge in [-0.2, -0.15) is 4.98 Å². The lowest BCUT2D eigenvalue weighted by molar-refractivity contribution is -0.386. The summed E-state index contributed by atoms with van der Waals surface area (Å²) < 4.78 is 5.57. The third-order valence-electron chi connectivity index (χ3n) is 2.87. The Labute approximate surface area is 120 Å². The molecule has 0 N–H and O–H groups in total. The summed E-state index contributed by atoms with van der Waals surface area (Å²) >= 11 is 5.67. The molecule has 0 saturated heterocycles. The molecule has 1 heterocycles. The molecule has 0 radical (unpaired) electrons. The molecule has 1 aromatic heterocycles. The Morgan fingerprint density at radius 1 is 1.30 bits per heavy atom.